The van der Waals surface area contributed by atoms with Crippen LogP contribution in [0.2, 0.25) is 0 Å². The number of carbonyl (C=O) groups is 1. The summed E-state index contributed by atoms with van der Waals surface area (Å²) in [7, 11) is -3.70. The third-order valence-electron chi connectivity index (χ3n) is 5.07. The number of hydrogen-bond acceptors (Lipinski definition) is 3. The molecule has 0 aliphatic carbocycles. The Morgan fingerprint density at radius 1 is 0.931 bits per heavy atom. The first kappa shape index (κ1) is 19.2. The average molecular weight is 407 g/mol. The number of fused-ring (bicyclic) bond motifs is 1. The highest BCUT2D eigenvalue weighted by molar-refractivity contribution is 7.92. The van der Waals surface area contributed by atoms with Gasteiger partial charge in [-0.2, -0.15) is 0 Å². The lowest BCUT2D eigenvalue weighted by atomic mass is 10.1. The fraction of sp³-hybridized carbons (Fsp3) is 0.174. The minimum Gasteiger partial charge on any atom is -0.308 e. The van der Waals surface area contributed by atoms with Gasteiger partial charge in [-0.25, -0.2) is 8.42 Å². The molecule has 4 rings (SSSR count). The Morgan fingerprint density at radius 3 is 2.41 bits per heavy atom. The monoisotopic (exact) mass is 406 g/mol. The summed E-state index contributed by atoms with van der Waals surface area (Å²) in [4.78, 5) is 14.8. The summed E-state index contributed by atoms with van der Waals surface area (Å²) in [6.07, 6.45) is 0.626. The van der Waals surface area contributed by atoms with Gasteiger partial charge < -0.3 is 4.90 Å². The quantitative estimate of drug-likeness (QED) is 0.702. The van der Waals surface area contributed by atoms with Gasteiger partial charge in [0.05, 0.1) is 4.90 Å². The van der Waals surface area contributed by atoms with Crippen molar-refractivity contribution in [3.05, 3.63) is 89.0 Å². The summed E-state index contributed by atoms with van der Waals surface area (Å²) in [5.41, 5.74) is 4.86. The van der Waals surface area contributed by atoms with E-state index in [1.54, 1.807) is 35.2 Å². The molecule has 0 atom stereocenters. The number of hydrogen-bond donors (Lipinski definition) is 1. The second kappa shape index (κ2) is 7.37. The van der Waals surface area contributed by atoms with Crippen LogP contribution in [0, 0.1) is 13.8 Å². The van der Waals surface area contributed by atoms with Crippen LogP contribution in [-0.2, 0) is 16.4 Å². The van der Waals surface area contributed by atoms with Gasteiger partial charge in [0.15, 0.2) is 0 Å². The Morgan fingerprint density at radius 2 is 1.69 bits per heavy atom. The minimum atomic E-state index is -3.70. The first-order valence-corrected chi connectivity index (χ1v) is 10.9. The normalized spacial score (nSPS) is 13.2. The van der Waals surface area contributed by atoms with Crippen molar-refractivity contribution in [2.45, 2.75) is 25.2 Å². The summed E-state index contributed by atoms with van der Waals surface area (Å²) < 4.78 is 28.2. The van der Waals surface area contributed by atoms with E-state index >= 15 is 0 Å². The molecule has 5 nitrogen and oxygen atoms in total. The van der Waals surface area contributed by atoms with Crippen molar-refractivity contribution in [3.63, 3.8) is 0 Å². The van der Waals surface area contributed by atoms with E-state index in [1.807, 2.05) is 50.2 Å². The number of sulfonamides is 1. The molecule has 0 bridgehead atoms. The average Bonchev–Trinajstić information content (AvgIpc) is 3.11. The second-order valence-corrected chi connectivity index (χ2v) is 9.02. The molecule has 1 aliphatic rings. The van der Waals surface area contributed by atoms with Crippen LogP contribution in [0.3, 0.4) is 0 Å². The van der Waals surface area contributed by atoms with Crippen molar-refractivity contribution in [2.75, 3.05) is 16.2 Å². The highest BCUT2D eigenvalue weighted by Gasteiger charge is 2.27. The van der Waals surface area contributed by atoms with Crippen molar-refractivity contribution < 1.29 is 13.2 Å². The molecule has 3 aromatic carbocycles. The van der Waals surface area contributed by atoms with Crippen molar-refractivity contribution in [1.82, 2.24) is 0 Å². The molecule has 1 amide bonds. The molecule has 1 aliphatic heterocycles. The van der Waals surface area contributed by atoms with Gasteiger partial charge in [0.25, 0.3) is 15.9 Å². The smallest absolute Gasteiger partial charge is 0.261 e. The van der Waals surface area contributed by atoms with Crippen LogP contribution in [0.25, 0.3) is 0 Å². The molecule has 0 radical (unpaired) electrons. The summed E-state index contributed by atoms with van der Waals surface area (Å²) >= 11 is 0. The number of rotatable bonds is 4. The largest absolute Gasteiger partial charge is 0.308 e. The van der Waals surface area contributed by atoms with E-state index in [4.69, 9.17) is 0 Å². The summed E-state index contributed by atoms with van der Waals surface area (Å²) in [6.45, 7) is 4.43. The predicted molar refractivity (Wildman–Crippen MR) is 115 cm³/mol. The molecule has 0 fully saturated rings. The fourth-order valence-corrected chi connectivity index (χ4v) is 4.63. The fourth-order valence-electron chi connectivity index (χ4n) is 3.53. The maximum atomic E-state index is 12.9. The maximum absolute atomic E-state index is 12.9. The van der Waals surface area contributed by atoms with Crippen molar-refractivity contribution in [1.29, 1.82) is 0 Å². The van der Waals surface area contributed by atoms with Gasteiger partial charge in [-0.3, -0.25) is 9.52 Å². The molecule has 0 spiro atoms. The van der Waals surface area contributed by atoms with E-state index in [1.165, 1.54) is 0 Å². The lowest BCUT2D eigenvalue weighted by Gasteiger charge is -2.18. The first-order chi connectivity index (χ1) is 13.8. The van der Waals surface area contributed by atoms with Crippen molar-refractivity contribution in [2.24, 2.45) is 0 Å². The zero-order chi connectivity index (χ0) is 20.6. The van der Waals surface area contributed by atoms with E-state index in [-0.39, 0.29) is 10.8 Å². The number of amides is 1. The molecular weight excluding hydrogens is 384 g/mol. The Labute approximate surface area is 171 Å². The van der Waals surface area contributed by atoms with E-state index < -0.39 is 10.0 Å². The number of aryl methyl sites for hydroxylation is 2. The third-order valence-corrected chi connectivity index (χ3v) is 6.45. The molecule has 0 saturated heterocycles. The van der Waals surface area contributed by atoms with Crippen LogP contribution in [0.1, 0.15) is 27.0 Å². The van der Waals surface area contributed by atoms with Gasteiger partial charge in [-0.15, -0.1) is 0 Å². The van der Waals surface area contributed by atoms with Crippen LogP contribution in [-0.4, -0.2) is 20.9 Å². The molecule has 1 heterocycles. The molecule has 6 heteroatoms. The van der Waals surface area contributed by atoms with Gasteiger partial charge >= 0.3 is 0 Å². The van der Waals surface area contributed by atoms with Crippen LogP contribution >= 0.6 is 0 Å². The summed E-state index contributed by atoms with van der Waals surface area (Å²) in [5.74, 6) is -0.0720. The maximum Gasteiger partial charge on any atom is 0.261 e. The van der Waals surface area contributed by atoms with Gasteiger partial charge in [-0.1, -0.05) is 29.8 Å². The molecule has 0 unspecified atom stereocenters. The van der Waals surface area contributed by atoms with E-state index in [9.17, 15) is 13.2 Å². The van der Waals surface area contributed by atoms with Gasteiger partial charge in [0, 0.05) is 23.5 Å². The minimum absolute atomic E-state index is 0.0720. The van der Waals surface area contributed by atoms with Gasteiger partial charge in [0.2, 0.25) is 0 Å². The highest BCUT2D eigenvalue weighted by atomic mass is 32.2. The van der Waals surface area contributed by atoms with Crippen LogP contribution in [0.5, 0.6) is 0 Å². The SMILES string of the molecule is Cc1ccc(C(=O)N2CCc3cc(S(=O)(=O)Nc4cccc(C)c4)ccc32)cc1. The lowest BCUT2D eigenvalue weighted by Crippen LogP contribution is -2.28. The van der Waals surface area contributed by atoms with E-state index in [0.717, 1.165) is 22.4 Å². The predicted octanol–water partition coefficient (Wildman–Crippen LogP) is 4.31. The molecular formula is C23H22N2O3S. The topological polar surface area (TPSA) is 66.5 Å². The van der Waals surface area contributed by atoms with Gasteiger partial charge in [0.1, 0.15) is 0 Å². The Balaban J connectivity index is 1.59. The van der Waals surface area contributed by atoms with Crippen molar-refractivity contribution >= 4 is 27.3 Å². The van der Waals surface area contributed by atoms with E-state index in [0.29, 0.717) is 24.2 Å². The van der Waals surface area contributed by atoms with Gasteiger partial charge in [-0.05, 0) is 73.9 Å². The lowest BCUT2D eigenvalue weighted by molar-refractivity contribution is 0.0989. The van der Waals surface area contributed by atoms with Crippen LogP contribution in [0.15, 0.2) is 71.6 Å². The number of anilines is 2. The molecule has 148 valence electrons. The summed E-state index contributed by atoms with van der Waals surface area (Å²) in [6, 6.07) is 19.6. The molecule has 3 aromatic rings. The molecule has 0 saturated carbocycles. The van der Waals surface area contributed by atoms with Crippen LogP contribution < -0.4 is 9.62 Å². The number of carbonyl (C=O) groups excluding carboxylic acids is 1. The first-order valence-electron chi connectivity index (χ1n) is 9.44. The molecule has 1 N–H and O–H groups in total. The molecule has 0 aromatic heterocycles. The number of nitrogens with zero attached hydrogens (tertiary/aromatic N) is 1. The zero-order valence-corrected chi connectivity index (χ0v) is 17.2. The highest BCUT2D eigenvalue weighted by Crippen LogP contribution is 2.32. The number of nitrogens with one attached hydrogen (secondary N) is 1. The third kappa shape index (κ3) is 3.89. The van der Waals surface area contributed by atoms with Crippen LogP contribution in [0.4, 0.5) is 11.4 Å². The standard InChI is InChI=1S/C23H22N2O3S/c1-16-6-8-18(9-7-16)23(26)25-13-12-19-15-21(10-11-22(19)25)29(27,28)24-20-5-3-4-17(2)14-20/h3-11,14-15,24H,12-13H2,1-2H3. The number of benzene rings is 3. The Kier molecular flexibility index (Phi) is 4.88. The van der Waals surface area contributed by atoms with Crippen molar-refractivity contribution in [3.8, 4) is 0 Å². The Hall–Kier alpha value is -3.12. The molecule has 29 heavy (non-hydrogen) atoms. The zero-order valence-electron chi connectivity index (χ0n) is 16.3. The summed E-state index contributed by atoms with van der Waals surface area (Å²) in [5, 5.41) is 0. The second-order valence-electron chi connectivity index (χ2n) is 7.34. The Bertz CT molecular complexity index is 1180. The van der Waals surface area contributed by atoms with E-state index in [2.05, 4.69) is 4.72 Å².